The van der Waals surface area contributed by atoms with E-state index in [9.17, 15) is 24.7 Å². The van der Waals surface area contributed by atoms with E-state index in [1.165, 1.54) is 0 Å². The van der Waals surface area contributed by atoms with Gasteiger partial charge >= 0.3 is 7.82 Å². The van der Waals surface area contributed by atoms with Crippen molar-refractivity contribution in [2.45, 2.75) is 63.9 Å². The van der Waals surface area contributed by atoms with E-state index in [0.717, 1.165) is 12.8 Å². The van der Waals surface area contributed by atoms with Crippen LogP contribution < -0.4 is 19.3 Å². The van der Waals surface area contributed by atoms with Crippen molar-refractivity contribution in [3.05, 3.63) is 20.8 Å². The molecule has 0 saturated carbocycles. The highest BCUT2D eigenvalue weighted by Gasteiger charge is 2.48. The molecular formula is C22H29INO10P. The molecule has 0 spiro atoms. The number of unbranched alkanes of at least 4 members (excludes halogenated alkanes) is 2. The average molecular weight is 625 g/mol. The van der Waals surface area contributed by atoms with Crippen LogP contribution >= 0.6 is 30.4 Å². The lowest BCUT2D eigenvalue weighted by Crippen LogP contribution is -2.58. The third kappa shape index (κ3) is 5.07. The number of hydrogen-bond donors (Lipinski definition) is 4. The Bertz CT molecular complexity index is 1050. The molecule has 0 radical (unpaired) electrons. The smallest absolute Gasteiger partial charge is 0.453 e. The topological polar surface area (TPSA) is 153 Å². The highest BCUT2D eigenvalue weighted by Crippen LogP contribution is 2.58. The summed E-state index contributed by atoms with van der Waals surface area (Å²) in [5.74, 6) is -0.521. The van der Waals surface area contributed by atoms with Gasteiger partial charge in [-0.2, -0.15) is 0 Å². The van der Waals surface area contributed by atoms with Crippen molar-refractivity contribution in [3.8, 4) is 17.2 Å². The summed E-state index contributed by atoms with van der Waals surface area (Å²) in [7, 11) is -4.16. The SMILES string of the molecule is CCCCOP(=O)(OCCCC)Oc1c2c(cc3c1C(=O)N[C@@H]1C3=C(I)[C@H](O)[C@@H](O)[C@H]1O)OCO2. The van der Waals surface area contributed by atoms with Crippen LogP contribution in [0.4, 0.5) is 0 Å². The van der Waals surface area contributed by atoms with Crippen molar-refractivity contribution in [2.75, 3.05) is 20.0 Å². The lowest BCUT2D eigenvalue weighted by Gasteiger charge is -2.41. The van der Waals surface area contributed by atoms with Crippen molar-refractivity contribution in [3.63, 3.8) is 0 Å². The lowest BCUT2D eigenvalue weighted by molar-refractivity contribution is -0.0542. The van der Waals surface area contributed by atoms with Crippen molar-refractivity contribution in [2.24, 2.45) is 0 Å². The number of aliphatic hydroxyl groups is 3. The first-order chi connectivity index (χ1) is 16.7. The summed E-state index contributed by atoms with van der Waals surface area (Å²) in [6, 6.07) is 0.560. The van der Waals surface area contributed by atoms with Crippen molar-refractivity contribution < 1.29 is 47.7 Å². The third-order valence-electron chi connectivity index (χ3n) is 5.96. The minimum atomic E-state index is -4.16. The zero-order chi connectivity index (χ0) is 25.3. The molecular weight excluding hydrogens is 596 g/mol. The molecule has 2 aliphatic heterocycles. The number of aliphatic hydroxyl groups excluding tert-OH is 3. The fourth-order valence-electron chi connectivity index (χ4n) is 4.06. The maximum atomic E-state index is 13.6. The fourth-order valence-corrected chi connectivity index (χ4v) is 6.34. The van der Waals surface area contributed by atoms with E-state index in [4.69, 9.17) is 23.0 Å². The molecule has 11 nitrogen and oxygen atoms in total. The van der Waals surface area contributed by atoms with Gasteiger partial charge in [0, 0.05) is 9.14 Å². The van der Waals surface area contributed by atoms with Crippen molar-refractivity contribution >= 4 is 41.9 Å². The number of halogens is 1. The van der Waals surface area contributed by atoms with Crippen LogP contribution in [-0.4, -0.2) is 65.6 Å². The number of rotatable bonds is 10. The Balaban J connectivity index is 1.83. The largest absolute Gasteiger partial charge is 0.530 e. The number of carbonyl (C=O) groups is 1. The molecule has 0 fully saturated rings. The van der Waals surface area contributed by atoms with Gasteiger partial charge in [0.05, 0.1) is 24.8 Å². The van der Waals surface area contributed by atoms with E-state index >= 15 is 0 Å². The van der Waals surface area contributed by atoms with Crippen molar-refractivity contribution in [1.82, 2.24) is 5.32 Å². The van der Waals surface area contributed by atoms with Gasteiger partial charge < -0.3 is 34.6 Å². The fraction of sp³-hybridized carbons (Fsp3) is 0.591. The summed E-state index contributed by atoms with van der Waals surface area (Å²) in [5.41, 5.74) is 0.659. The molecule has 1 aromatic rings. The predicted octanol–water partition coefficient (Wildman–Crippen LogP) is 2.89. The summed E-state index contributed by atoms with van der Waals surface area (Å²) >= 11 is 1.87. The summed E-state index contributed by atoms with van der Waals surface area (Å²) in [5, 5.41) is 33.9. The molecule has 1 amide bonds. The first kappa shape index (κ1) is 26.6. The van der Waals surface area contributed by atoms with Crippen LogP contribution in [0.2, 0.25) is 0 Å². The summed E-state index contributed by atoms with van der Waals surface area (Å²) in [4.78, 5) is 13.3. The molecule has 1 aromatic carbocycles. The summed E-state index contributed by atoms with van der Waals surface area (Å²) in [6.45, 7) is 4.01. The number of hydrogen-bond acceptors (Lipinski definition) is 10. The van der Waals surface area contributed by atoms with Crippen LogP contribution in [0.3, 0.4) is 0 Å². The molecule has 35 heavy (non-hydrogen) atoms. The monoisotopic (exact) mass is 625 g/mol. The van der Waals surface area contributed by atoms with Gasteiger partial charge in [-0.3, -0.25) is 13.8 Å². The van der Waals surface area contributed by atoms with E-state index in [2.05, 4.69) is 5.32 Å². The van der Waals surface area contributed by atoms with Gasteiger partial charge in [0.15, 0.2) is 11.5 Å². The highest BCUT2D eigenvalue weighted by molar-refractivity contribution is 14.1. The number of benzene rings is 1. The molecule has 13 heteroatoms. The molecule has 4 rings (SSSR count). The third-order valence-corrected chi connectivity index (χ3v) is 8.59. The Morgan fingerprint density at radius 3 is 2.40 bits per heavy atom. The molecule has 2 heterocycles. The van der Waals surface area contributed by atoms with E-state index in [-0.39, 0.29) is 42.8 Å². The van der Waals surface area contributed by atoms with Crippen LogP contribution in [0, 0.1) is 0 Å². The molecule has 194 valence electrons. The Morgan fingerprint density at radius 2 is 1.77 bits per heavy atom. The number of phosphoric ester groups is 1. The summed E-state index contributed by atoms with van der Waals surface area (Å²) in [6.07, 6.45) is -1.45. The normalized spacial score (nSPS) is 25.3. The number of ether oxygens (including phenoxy) is 2. The van der Waals surface area contributed by atoms with Crippen LogP contribution in [0.5, 0.6) is 17.2 Å². The van der Waals surface area contributed by atoms with Crippen LogP contribution in [0.25, 0.3) is 5.57 Å². The van der Waals surface area contributed by atoms with Gasteiger partial charge in [-0.1, -0.05) is 26.7 Å². The molecule has 1 aliphatic carbocycles. The molecule has 0 saturated heterocycles. The number of nitrogens with one attached hydrogen (secondary N) is 1. The highest BCUT2D eigenvalue weighted by atomic mass is 127. The molecule has 3 aliphatic rings. The van der Waals surface area contributed by atoms with Crippen LogP contribution in [-0.2, 0) is 13.6 Å². The van der Waals surface area contributed by atoms with E-state index < -0.39 is 38.1 Å². The number of fused-ring (bicyclic) bond motifs is 4. The minimum absolute atomic E-state index is 0.0242. The second-order valence-corrected chi connectivity index (χ2v) is 11.2. The Labute approximate surface area is 216 Å². The van der Waals surface area contributed by atoms with Gasteiger partial charge in [-0.25, -0.2) is 4.57 Å². The Hall–Kier alpha value is -1.41. The van der Waals surface area contributed by atoms with E-state index in [1.54, 1.807) is 6.07 Å². The predicted molar refractivity (Wildman–Crippen MR) is 133 cm³/mol. The minimum Gasteiger partial charge on any atom is -0.453 e. The second kappa shape index (κ2) is 10.9. The second-order valence-electron chi connectivity index (χ2n) is 8.41. The molecule has 0 unspecified atom stereocenters. The van der Waals surface area contributed by atoms with Gasteiger partial charge in [-0.05, 0) is 47.1 Å². The van der Waals surface area contributed by atoms with Gasteiger partial charge in [0.25, 0.3) is 5.91 Å². The number of phosphoric acid groups is 1. The Morgan fingerprint density at radius 1 is 1.11 bits per heavy atom. The maximum Gasteiger partial charge on any atom is 0.530 e. The number of amides is 1. The van der Waals surface area contributed by atoms with Crippen molar-refractivity contribution in [1.29, 1.82) is 0 Å². The first-order valence-corrected chi connectivity index (χ1v) is 14.1. The molecule has 4 atom stereocenters. The van der Waals surface area contributed by atoms with Gasteiger partial charge in [0.1, 0.15) is 18.3 Å². The number of carbonyl (C=O) groups excluding carboxylic acids is 1. The van der Waals surface area contributed by atoms with Gasteiger partial charge in [-0.15, -0.1) is 0 Å². The van der Waals surface area contributed by atoms with Gasteiger partial charge in [0.2, 0.25) is 12.5 Å². The maximum absolute atomic E-state index is 13.6. The van der Waals surface area contributed by atoms with E-state index in [1.807, 2.05) is 36.4 Å². The Kier molecular flexibility index (Phi) is 8.31. The van der Waals surface area contributed by atoms with E-state index in [0.29, 0.717) is 27.6 Å². The quantitative estimate of drug-likeness (QED) is 0.174. The molecule has 4 N–H and O–H groups in total. The standard InChI is InChI=1S/C22H29INO10P/c1-3-5-7-32-35(29,33-8-6-4-2)34-21-14-11(9-12-20(21)31-10-30-12)13-15(23)17(25)19(27)18(26)16(13)24-22(14)28/h9,16-19,25-27H,3-8,10H2,1-2H3,(H,24,28)/t16-,17+,18+,19-/m1/s1. The lowest BCUT2D eigenvalue weighted by atomic mass is 9.79. The molecule has 0 aromatic heterocycles. The zero-order valence-electron chi connectivity index (χ0n) is 19.4. The van der Waals surface area contributed by atoms with Crippen LogP contribution in [0.15, 0.2) is 9.65 Å². The zero-order valence-corrected chi connectivity index (χ0v) is 22.4. The summed E-state index contributed by atoms with van der Waals surface area (Å²) < 4.78 is 41.9. The van der Waals surface area contributed by atoms with Crippen LogP contribution in [0.1, 0.15) is 55.5 Å². The first-order valence-electron chi connectivity index (χ1n) is 11.5. The average Bonchev–Trinajstić information content (AvgIpc) is 3.30. The molecule has 0 bridgehead atoms.